The van der Waals surface area contributed by atoms with Gasteiger partial charge in [0, 0.05) is 21.3 Å². The number of oxazole rings is 1. The third-order valence-electron chi connectivity index (χ3n) is 5.20. The Balaban J connectivity index is 1.30. The monoisotopic (exact) mass is 527 g/mol. The van der Waals surface area contributed by atoms with E-state index in [4.69, 9.17) is 16.6 Å². The first-order valence-electron chi connectivity index (χ1n) is 10.5. The number of nitrogens with zero attached hydrogens (tertiary/aromatic N) is 1. The van der Waals surface area contributed by atoms with Crippen molar-refractivity contribution in [1.29, 1.82) is 0 Å². The van der Waals surface area contributed by atoms with Gasteiger partial charge in [-0.05, 0) is 71.9 Å². The molecule has 0 saturated carbocycles. The van der Waals surface area contributed by atoms with E-state index in [2.05, 4.69) is 55.8 Å². The van der Waals surface area contributed by atoms with Crippen molar-refractivity contribution in [1.82, 2.24) is 10.3 Å². The first-order chi connectivity index (χ1) is 16.5. The summed E-state index contributed by atoms with van der Waals surface area (Å²) in [6.07, 6.45) is 0. The number of aromatic nitrogens is 1. The summed E-state index contributed by atoms with van der Waals surface area (Å²) in [5.74, 6) is 0.250. The fraction of sp³-hybridized carbons (Fsp3) is 0. The number of thiocarbonyl (C=S) groups is 1. The summed E-state index contributed by atoms with van der Waals surface area (Å²) in [7, 11) is 0. The molecule has 1 aromatic heterocycles. The molecule has 5 rings (SSSR count). The number of rotatable bonds is 4. The van der Waals surface area contributed by atoms with Gasteiger partial charge in [-0.15, -0.1) is 0 Å². The van der Waals surface area contributed by atoms with Crippen LogP contribution in [-0.4, -0.2) is 16.0 Å². The van der Waals surface area contributed by atoms with Gasteiger partial charge in [-0.3, -0.25) is 10.1 Å². The minimum absolute atomic E-state index is 0.199. The number of hydrogen-bond acceptors (Lipinski definition) is 4. The van der Waals surface area contributed by atoms with Crippen LogP contribution in [0.15, 0.2) is 106 Å². The van der Waals surface area contributed by atoms with Crippen molar-refractivity contribution in [3.05, 3.63) is 107 Å². The molecule has 4 aromatic carbocycles. The van der Waals surface area contributed by atoms with E-state index in [1.165, 1.54) is 0 Å². The molecule has 0 aliphatic heterocycles. The predicted octanol–water partition coefficient (Wildman–Crippen LogP) is 7.05. The van der Waals surface area contributed by atoms with Crippen LogP contribution in [0.4, 0.5) is 5.69 Å². The Morgan fingerprint density at radius 3 is 2.32 bits per heavy atom. The Morgan fingerprint density at radius 1 is 0.824 bits per heavy atom. The number of carbonyl (C=O) groups excluding carboxylic acids is 1. The summed E-state index contributed by atoms with van der Waals surface area (Å²) in [5, 5.41) is 5.92. The number of benzene rings is 4. The molecule has 5 nitrogen and oxygen atoms in total. The summed E-state index contributed by atoms with van der Waals surface area (Å²) in [6.45, 7) is 0. The minimum Gasteiger partial charge on any atom is -0.436 e. The highest BCUT2D eigenvalue weighted by Crippen LogP contribution is 2.28. The molecule has 0 atom stereocenters. The van der Waals surface area contributed by atoms with Gasteiger partial charge in [0.05, 0.1) is 0 Å². The molecule has 0 unspecified atom stereocenters. The van der Waals surface area contributed by atoms with Gasteiger partial charge < -0.3 is 9.73 Å². The zero-order valence-electron chi connectivity index (χ0n) is 17.8. The highest BCUT2D eigenvalue weighted by molar-refractivity contribution is 9.10. The fourth-order valence-electron chi connectivity index (χ4n) is 3.53. The van der Waals surface area contributed by atoms with Gasteiger partial charge in [0.15, 0.2) is 10.7 Å². The van der Waals surface area contributed by atoms with Crippen LogP contribution >= 0.6 is 28.1 Å². The zero-order valence-corrected chi connectivity index (χ0v) is 20.2. The lowest BCUT2D eigenvalue weighted by Crippen LogP contribution is -2.34. The van der Waals surface area contributed by atoms with Gasteiger partial charge in [-0.2, -0.15) is 0 Å². The Bertz CT molecular complexity index is 1500. The first-order valence-corrected chi connectivity index (χ1v) is 11.7. The molecule has 7 heteroatoms. The molecule has 0 saturated heterocycles. The van der Waals surface area contributed by atoms with Crippen LogP contribution in [0.3, 0.4) is 0 Å². The lowest BCUT2D eigenvalue weighted by atomic mass is 10.0. The van der Waals surface area contributed by atoms with Crippen LogP contribution in [-0.2, 0) is 0 Å². The smallest absolute Gasteiger partial charge is 0.257 e. The normalized spacial score (nSPS) is 10.7. The van der Waals surface area contributed by atoms with Crippen LogP contribution in [0.5, 0.6) is 0 Å². The SMILES string of the molecule is O=C(NC(=S)Nc1ccc2oc(-c3ccc(-c4ccccc4)cc3)nc2c1)c1cccc(Br)c1. The van der Waals surface area contributed by atoms with E-state index in [1.54, 1.807) is 18.2 Å². The van der Waals surface area contributed by atoms with Gasteiger partial charge in [-0.1, -0.05) is 64.5 Å². The molecule has 0 fully saturated rings. The number of fused-ring (bicyclic) bond motifs is 1. The van der Waals surface area contributed by atoms with Crippen LogP contribution in [0, 0.1) is 0 Å². The van der Waals surface area contributed by atoms with E-state index >= 15 is 0 Å². The molecule has 0 aliphatic carbocycles. The van der Waals surface area contributed by atoms with E-state index in [0.29, 0.717) is 28.2 Å². The highest BCUT2D eigenvalue weighted by atomic mass is 79.9. The molecule has 34 heavy (non-hydrogen) atoms. The third-order valence-corrected chi connectivity index (χ3v) is 5.90. The van der Waals surface area contributed by atoms with Gasteiger partial charge >= 0.3 is 0 Å². The maximum absolute atomic E-state index is 12.4. The van der Waals surface area contributed by atoms with E-state index in [0.717, 1.165) is 21.2 Å². The topological polar surface area (TPSA) is 67.2 Å². The summed E-state index contributed by atoms with van der Waals surface area (Å²) in [4.78, 5) is 17.0. The average Bonchev–Trinajstić information content (AvgIpc) is 3.28. The van der Waals surface area contributed by atoms with E-state index in [-0.39, 0.29) is 11.0 Å². The maximum atomic E-state index is 12.4. The van der Waals surface area contributed by atoms with Crippen molar-refractivity contribution in [3.8, 4) is 22.6 Å². The van der Waals surface area contributed by atoms with E-state index in [9.17, 15) is 4.79 Å². The Labute approximate surface area is 210 Å². The second-order valence-corrected chi connectivity index (χ2v) is 8.89. The van der Waals surface area contributed by atoms with Crippen molar-refractivity contribution in [3.63, 3.8) is 0 Å². The maximum Gasteiger partial charge on any atom is 0.257 e. The molecular formula is C27H18BrN3O2S. The quantitative estimate of drug-likeness (QED) is 0.245. The Kier molecular flexibility index (Phi) is 6.20. The molecule has 0 aliphatic rings. The molecule has 1 heterocycles. The molecule has 0 radical (unpaired) electrons. The molecule has 2 N–H and O–H groups in total. The number of amides is 1. The van der Waals surface area contributed by atoms with Crippen molar-refractivity contribution in [2.24, 2.45) is 0 Å². The number of carbonyl (C=O) groups is 1. The summed E-state index contributed by atoms with van der Waals surface area (Å²) < 4.78 is 6.77. The van der Waals surface area contributed by atoms with Gasteiger partial charge in [0.1, 0.15) is 5.52 Å². The number of hydrogen-bond donors (Lipinski definition) is 2. The van der Waals surface area contributed by atoms with Gasteiger partial charge in [0.2, 0.25) is 5.89 Å². The molecule has 0 spiro atoms. The van der Waals surface area contributed by atoms with Gasteiger partial charge in [-0.25, -0.2) is 4.98 Å². The molecule has 5 aromatic rings. The van der Waals surface area contributed by atoms with E-state index in [1.807, 2.05) is 54.6 Å². The summed E-state index contributed by atoms with van der Waals surface area (Å²) in [6, 6.07) is 30.9. The lowest BCUT2D eigenvalue weighted by molar-refractivity contribution is 0.0977. The van der Waals surface area contributed by atoms with Crippen LogP contribution in [0.1, 0.15) is 10.4 Å². The largest absolute Gasteiger partial charge is 0.436 e. The molecule has 1 amide bonds. The fourth-order valence-corrected chi connectivity index (χ4v) is 4.14. The van der Waals surface area contributed by atoms with Crippen molar-refractivity contribution in [2.75, 3.05) is 5.32 Å². The van der Waals surface area contributed by atoms with Crippen molar-refractivity contribution >= 4 is 56.0 Å². The zero-order chi connectivity index (χ0) is 23.5. The second kappa shape index (κ2) is 9.59. The van der Waals surface area contributed by atoms with E-state index < -0.39 is 0 Å². The van der Waals surface area contributed by atoms with Crippen LogP contribution in [0.25, 0.3) is 33.7 Å². The lowest BCUT2D eigenvalue weighted by Gasteiger charge is -2.09. The first kappa shape index (κ1) is 22.0. The summed E-state index contributed by atoms with van der Waals surface area (Å²) >= 11 is 8.67. The average molecular weight is 528 g/mol. The van der Waals surface area contributed by atoms with Crippen LogP contribution in [0.2, 0.25) is 0 Å². The minimum atomic E-state index is -0.289. The number of nitrogens with one attached hydrogen (secondary N) is 2. The highest BCUT2D eigenvalue weighted by Gasteiger charge is 2.12. The van der Waals surface area contributed by atoms with Crippen molar-refractivity contribution in [2.45, 2.75) is 0 Å². The molecule has 0 bridgehead atoms. The number of halogens is 1. The Morgan fingerprint density at radius 2 is 1.56 bits per heavy atom. The second-order valence-electron chi connectivity index (χ2n) is 7.56. The molecular weight excluding hydrogens is 510 g/mol. The van der Waals surface area contributed by atoms with Crippen LogP contribution < -0.4 is 10.6 Å². The Hall–Kier alpha value is -3.81. The standard InChI is InChI=1S/C27H18BrN3O2S/c28-21-8-4-7-20(15-21)25(32)31-27(34)29-22-13-14-24-23(16-22)30-26(33-24)19-11-9-18(10-12-19)17-5-2-1-3-6-17/h1-16H,(H2,29,31,32,34). The summed E-state index contributed by atoms with van der Waals surface area (Å²) in [5.41, 5.74) is 5.74. The van der Waals surface area contributed by atoms with Gasteiger partial charge in [0.25, 0.3) is 5.91 Å². The third kappa shape index (κ3) is 4.90. The molecule has 166 valence electrons. The predicted molar refractivity (Wildman–Crippen MR) is 143 cm³/mol. The van der Waals surface area contributed by atoms with Crippen molar-refractivity contribution < 1.29 is 9.21 Å². The number of anilines is 1.